The van der Waals surface area contributed by atoms with Gasteiger partial charge in [0.1, 0.15) is 0 Å². The molecule has 0 spiro atoms. The summed E-state index contributed by atoms with van der Waals surface area (Å²) < 4.78 is 0. The van der Waals surface area contributed by atoms with Crippen LogP contribution in [-0.2, 0) is 17.9 Å². The molecule has 2 unspecified atom stereocenters. The van der Waals surface area contributed by atoms with Crippen LogP contribution in [0.4, 0.5) is 0 Å². The minimum Gasteiger partial charge on any atom is -0.352 e. The van der Waals surface area contributed by atoms with Gasteiger partial charge in [-0.05, 0) is 42.6 Å². The minimum atomic E-state index is -0.293. The van der Waals surface area contributed by atoms with E-state index < -0.39 is 0 Å². The van der Waals surface area contributed by atoms with Gasteiger partial charge in [-0.25, -0.2) is 0 Å². The quantitative estimate of drug-likeness (QED) is 0.704. The molecule has 2 aromatic rings. The highest BCUT2D eigenvalue weighted by Gasteiger charge is 2.21. The average molecular weight is 424 g/mol. The number of hydrogen-bond donors (Lipinski definition) is 2. The van der Waals surface area contributed by atoms with Crippen molar-refractivity contribution in [1.29, 1.82) is 0 Å². The molecular formula is C22H31Cl2N3O. The number of carbonyl (C=O) groups excluding carboxylic acids is 1. The van der Waals surface area contributed by atoms with Gasteiger partial charge in [0.15, 0.2) is 0 Å². The summed E-state index contributed by atoms with van der Waals surface area (Å²) in [4.78, 5) is 14.9. The summed E-state index contributed by atoms with van der Waals surface area (Å²) in [6, 6.07) is 18.0. The number of nitrogens with two attached hydrogens (primary N) is 1. The molecule has 1 saturated heterocycles. The van der Waals surface area contributed by atoms with E-state index >= 15 is 0 Å². The number of nitrogens with zero attached hydrogens (tertiary/aromatic N) is 1. The molecule has 1 aliphatic heterocycles. The lowest BCUT2D eigenvalue weighted by Gasteiger charge is -2.20. The van der Waals surface area contributed by atoms with Gasteiger partial charge in [0.05, 0.1) is 5.92 Å². The first-order chi connectivity index (χ1) is 12.6. The molecule has 3 rings (SSSR count). The van der Waals surface area contributed by atoms with Crippen molar-refractivity contribution < 1.29 is 4.79 Å². The smallest absolute Gasteiger partial charge is 0.225 e. The highest BCUT2D eigenvalue weighted by Crippen LogP contribution is 2.19. The van der Waals surface area contributed by atoms with E-state index in [0.717, 1.165) is 17.7 Å². The van der Waals surface area contributed by atoms with Gasteiger partial charge >= 0.3 is 0 Å². The van der Waals surface area contributed by atoms with Crippen LogP contribution in [0.1, 0.15) is 42.5 Å². The number of carbonyl (C=O) groups is 1. The Balaban J connectivity index is 0.00000196. The summed E-state index contributed by atoms with van der Waals surface area (Å²) >= 11 is 0. The van der Waals surface area contributed by atoms with E-state index in [4.69, 9.17) is 5.73 Å². The molecule has 0 radical (unpaired) electrons. The lowest BCUT2D eigenvalue weighted by molar-refractivity contribution is -0.125. The molecule has 1 heterocycles. The molecule has 0 aliphatic carbocycles. The van der Waals surface area contributed by atoms with Gasteiger partial charge < -0.3 is 11.1 Å². The third kappa shape index (κ3) is 6.78. The number of hydrogen-bond acceptors (Lipinski definition) is 3. The first-order valence-corrected chi connectivity index (χ1v) is 9.52. The van der Waals surface area contributed by atoms with Crippen LogP contribution in [0.5, 0.6) is 0 Å². The first kappa shape index (κ1) is 24.4. The zero-order chi connectivity index (χ0) is 18.4. The third-order valence-corrected chi connectivity index (χ3v) is 5.23. The Bertz CT molecular complexity index is 703. The summed E-state index contributed by atoms with van der Waals surface area (Å²) in [5.74, 6) is -0.283. The largest absolute Gasteiger partial charge is 0.352 e. The van der Waals surface area contributed by atoms with E-state index in [-0.39, 0.29) is 42.7 Å². The fourth-order valence-electron chi connectivity index (χ4n) is 3.44. The van der Waals surface area contributed by atoms with Crippen molar-refractivity contribution in [2.45, 2.75) is 38.9 Å². The summed E-state index contributed by atoms with van der Waals surface area (Å²) in [5.41, 5.74) is 9.68. The Morgan fingerprint density at radius 1 is 1.00 bits per heavy atom. The predicted octanol–water partition coefficient (Wildman–Crippen LogP) is 4.08. The second-order valence-electron chi connectivity index (χ2n) is 7.24. The van der Waals surface area contributed by atoms with Crippen LogP contribution in [0.25, 0.3) is 0 Å². The Morgan fingerprint density at radius 2 is 1.57 bits per heavy atom. The summed E-state index contributed by atoms with van der Waals surface area (Å²) in [7, 11) is 0. The predicted molar refractivity (Wildman–Crippen MR) is 120 cm³/mol. The van der Waals surface area contributed by atoms with Gasteiger partial charge in [-0.1, -0.05) is 61.5 Å². The zero-order valence-corrected chi connectivity index (χ0v) is 18.0. The molecule has 2 aromatic carbocycles. The zero-order valence-electron chi connectivity index (χ0n) is 16.3. The molecular weight excluding hydrogens is 393 g/mol. The number of benzene rings is 2. The highest BCUT2D eigenvalue weighted by atomic mass is 35.5. The van der Waals surface area contributed by atoms with Crippen molar-refractivity contribution in [3.8, 4) is 0 Å². The first-order valence-electron chi connectivity index (χ1n) is 9.52. The van der Waals surface area contributed by atoms with Crippen molar-refractivity contribution in [1.82, 2.24) is 10.2 Å². The molecule has 0 bridgehead atoms. The molecule has 2 atom stereocenters. The van der Waals surface area contributed by atoms with Gasteiger partial charge in [-0.3, -0.25) is 9.69 Å². The molecule has 28 heavy (non-hydrogen) atoms. The lowest BCUT2D eigenvalue weighted by Crippen LogP contribution is -2.35. The number of likely N-dealkylation sites (tertiary alicyclic amines) is 1. The number of rotatable bonds is 7. The van der Waals surface area contributed by atoms with E-state index in [2.05, 4.69) is 34.5 Å². The van der Waals surface area contributed by atoms with Crippen molar-refractivity contribution in [2.75, 3.05) is 13.1 Å². The van der Waals surface area contributed by atoms with Gasteiger partial charge in [0.2, 0.25) is 5.91 Å². The van der Waals surface area contributed by atoms with Gasteiger partial charge in [-0.2, -0.15) is 0 Å². The van der Waals surface area contributed by atoms with Crippen LogP contribution in [0.3, 0.4) is 0 Å². The highest BCUT2D eigenvalue weighted by molar-refractivity contribution is 5.85. The fraction of sp³-hybridized carbons (Fsp3) is 0.409. The normalized spacial score (nSPS) is 15.8. The van der Waals surface area contributed by atoms with Crippen molar-refractivity contribution in [3.05, 3.63) is 71.3 Å². The minimum absolute atomic E-state index is 0. The maximum atomic E-state index is 12.4. The van der Waals surface area contributed by atoms with Gasteiger partial charge in [0, 0.05) is 19.1 Å². The molecule has 4 nitrogen and oxygen atoms in total. The van der Waals surface area contributed by atoms with E-state index in [9.17, 15) is 4.79 Å². The molecule has 154 valence electrons. The van der Waals surface area contributed by atoms with Crippen LogP contribution >= 0.6 is 24.8 Å². The Labute approximate surface area is 180 Å². The second-order valence-corrected chi connectivity index (χ2v) is 7.24. The van der Waals surface area contributed by atoms with Crippen LogP contribution in [0, 0.1) is 5.92 Å². The van der Waals surface area contributed by atoms with E-state index in [1.54, 1.807) is 0 Å². The number of amides is 1. The summed E-state index contributed by atoms with van der Waals surface area (Å²) in [5, 5.41) is 3.01. The molecule has 1 fully saturated rings. The third-order valence-electron chi connectivity index (χ3n) is 5.23. The Hall–Kier alpha value is -1.59. The van der Waals surface area contributed by atoms with Crippen LogP contribution < -0.4 is 11.1 Å². The van der Waals surface area contributed by atoms with Gasteiger partial charge in [0.25, 0.3) is 0 Å². The topological polar surface area (TPSA) is 58.4 Å². The molecule has 1 aliphatic rings. The van der Waals surface area contributed by atoms with Crippen molar-refractivity contribution >= 4 is 30.7 Å². The monoisotopic (exact) mass is 423 g/mol. The molecule has 1 amide bonds. The summed E-state index contributed by atoms with van der Waals surface area (Å²) in [6.07, 6.45) is 2.63. The molecule has 0 saturated carbocycles. The van der Waals surface area contributed by atoms with Crippen molar-refractivity contribution in [3.63, 3.8) is 0 Å². The van der Waals surface area contributed by atoms with Crippen LogP contribution in [0.2, 0.25) is 0 Å². The maximum absolute atomic E-state index is 12.4. The Morgan fingerprint density at radius 3 is 2.18 bits per heavy atom. The molecule has 0 aromatic heterocycles. The average Bonchev–Trinajstić information content (AvgIpc) is 3.19. The second kappa shape index (κ2) is 12.1. The fourth-order valence-corrected chi connectivity index (χ4v) is 3.44. The number of nitrogens with one attached hydrogen (secondary N) is 1. The van der Waals surface area contributed by atoms with E-state index in [1.807, 2.05) is 37.3 Å². The van der Waals surface area contributed by atoms with Gasteiger partial charge in [-0.15, -0.1) is 24.8 Å². The SMILES string of the molecule is CC(C(=O)NCc1ccc(CN2CCCC2)cc1)C(N)c1ccccc1.Cl.Cl. The lowest BCUT2D eigenvalue weighted by atomic mass is 9.94. The van der Waals surface area contributed by atoms with Crippen LogP contribution in [0.15, 0.2) is 54.6 Å². The summed E-state index contributed by atoms with van der Waals surface area (Å²) in [6.45, 7) is 5.85. The van der Waals surface area contributed by atoms with E-state index in [1.165, 1.54) is 31.5 Å². The molecule has 6 heteroatoms. The Kier molecular flexibility index (Phi) is 10.5. The molecule has 3 N–H and O–H groups in total. The van der Waals surface area contributed by atoms with E-state index in [0.29, 0.717) is 6.54 Å². The maximum Gasteiger partial charge on any atom is 0.225 e. The van der Waals surface area contributed by atoms with Crippen molar-refractivity contribution in [2.24, 2.45) is 11.7 Å². The van der Waals surface area contributed by atoms with Crippen LogP contribution in [-0.4, -0.2) is 23.9 Å². The number of halogens is 2. The standard InChI is InChI=1S/C22H29N3O.2ClH/c1-17(21(23)20-7-3-2-4-8-20)22(26)24-15-18-9-11-19(12-10-18)16-25-13-5-6-14-25;;/h2-4,7-12,17,21H,5-6,13-16,23H2,1H3,(H,24,26);2*1H.